The molecule has 9 heteroatoms. The van der Waals surface area contributed by atoms with Crippen LogP contribution in [0.5, 0.6) is 5.75 Å². The minimum Gasteiger partial charge on any atom is -0.506 e. The van der Waals surface area contributed by atoms with Gasteiger partial charge in [0.15, 0.2) is 0 Å². The Morgan fingerprint density at radius 3 is 2.12 bits per heavy atom. The highest BCUT2D eigenvalue weighted by molar-refractivity contribution is 9.10. The maximum absolute atomic E-state index is 12.1. The highest BCUT2D eigenvalue weighted by Crippen LogP contribution is 2.42. The predicted molar refractivity (Wildman–Crippen MR) is 98.9 cm³/mol. The quantitative estimate of drug-likeness (QED) is 0.507. The SMILES string of the molecule is CC(C)(C)c1cc(Br)c(O)c(-c2c(C(=O)O)c(N)[nH]c(=O)c2C(=O)O)c1. The standard InChI is InChI=1S/C17H17BrN2O6/c1-17(2,3)6-4-7(12(21)8(18)5-6)9-10(15(23)24)13(19)20-14(22)11(9)16(25)26/h4-5,21H,1-3H3,(H,23,24)(H,25,26)(H3,19,20,22). The number of nitrogens with one attached hydrogen (secondary N) is 1. The van der Waals surface area contributed by atoms with Crippen molar-refractivity contribution in [2.75, 3.05) is 5.73 Å². The molecular formula is C17H17BrN2O6. The number of hydrogen-bond acceptors (Lipinski definition) is 5. The van der Waals surface area contributed by atoms with Crippen LogP contribution in [0.25, 0.3) is 11.1 Å². The molecule has 6 N–H and O–H groups in total. The summed E-state index contributed by atoms with van der Waals surface area (Å²) in [5.41, 5.74) is 2.86. The van der Waals surface area contributed by atoms with E-state index in [1.807, 2.05) is 25.8 Å². The van der Waals surface area contributed by atoms with Crippen molar-refractivity contribution in [3.8, 4) is 16.9 Å². The molecule has 2 aromatic rings. The fourth-order valence-electron chi connectivity index (χ4n) is 2.54. The Balaban J connectivity index is 3.10. The Morgan fingerprint density at radius 2 is 1.65 bits per heavy atom. The average Bonchev–Trinajstić information content (AvgIpc) is 2.46. The van der Waals surface area contributed by atoms with Crippen molar-refractivity contribution < 1.29 is 24.9 Å². The number of nitrogens with two attached hydrogens (primary N) is 1. The van der Waals surface area contributed by atoms with Crippen LogP contribution in [-0.4, -0.2) is 32.2 Å². The van der Waals surface area contributed by atoms with E-state index in [0.717, 1.165) is 0 Å². The molecule has 0 unspecified atom stereocenters. The van der Waals surface area contributed by atoms with E-state index in [4.69, 9.17) is 5.73 Å². The average molecular weight is 425 g/mol. The number of aromatic nitrogens is 1. The zero-order valence-electron chi connectivity index (χ0n) is 14.2. The highest BCUT2D eigenvalue weighted by atomic mass is 79.9. The molecule has 0 amide bonds. The number of anilines is 1. The van der Waals surface area contributed by atoms with Gasteiger partial charge < -0.3 is 26.0 Å². The minimum absolute atomic E-state index is 0.114. The maximum Gasteiger partial charge on any atom is 0.342 e. The van der Waals surface area contributed by atoms with Gasteiger partial charge in [0.2, 0.25) is 0 Å². The Morgan fingerprint density at radius 1 is 1.12 bits per heavy atom. The third-order valence-corrected chi connectivity index (χ3v) is 4.48. The van der Waals surface area contributed by atoms with Gasteiger partial charge in [0.05, 0.1) is 4.47 Å². The van der Waals surface area contributed by atoms with Crippen LogP contribution < -0.4 is 11.3 Å². The topological polar surface area (TPSA) is 154 Å². The molecular weight excluding hydrogens is 408 g/mol. The van der Waals surface area contributed by atoms with Crippen LogP contribution in [0, 0.1) is 0 Å². The largest absolute Gasteiger partial charge is 0.506 e. The summed E-state index contributed by atoms with van der Waals surface area (Å²) >= 11 is 3.18. The van der Waals surface area contributed by atoms with Gasteiger partial charge in [0.25, 0.3) is 5.56 Å². The molecule has 0 aliphatic carbocycles. The molecule has 0 aliphatic rings. The van der Waals surface area contributed by atoms with E-state index in [9.17, 15) is 29.7 Å². The summed E-state index contributed by atoms with van der Waals surface area (Å²) in [6.45, 7) is 5.66. The first-order valence-corrected chi connectivity index (χ1v) is 8.21. The number of pyridine rings is 1. The van der Waals surface area contributed by atoms with Crippen molar-refractivity contribution in [3.05, 3.63) is 43.6 Å². The van der Waals surface area contributed by atoms with E-state index < -0.39 is 51.2 Å². The number of benzene rings is 1. The molecule has 0 aliphatic heterocycles. The van der Waals surface area contributed by atoms with Gasteiger partial charge in [-0.15, -0.1) is 0 Å². The van der Waals surface area contributed by atoms with Crippen LogP contribution in [0.4, 0.5) is 5.82 Å². The predicted octanol–water partition coefficient (Wildman–Crippen LogP) is 2.79. The number of aromatic amines is 1. The van der Waals surface area contributed by atoms with Gasteiger partial charge in [0, 0.05) is 11.1 Å². The van der Waals surface area contributed by atoms with Gasteiger partial charge in [-0.3, -0.25) is 4.79 Å². The summed E-state index contributed by atoms with van der Waals surface area (Å²) in [7, 11) is 0. The summed E-state index contributed by atoms with van der Waals surface area (Å²) in [6.07, 6.45) is 0. The fourth-order valence-corrected chi connectivity index (χ4v) is 3.00. The molecule has 0 atom stereocenters. The van der Waals surface area contributed by atoms with Crippen LogP contribution in [0.1, 0.15) is 47.1 Å². The lowest BCUT2D eigenvalue weighted by Gasteiger charge is -2.22. The number of aromatic hydroxyl groups is 1. The van der Waals surface area contributed by atoms with Crippen molar-refractivity contribution in [3.63, 3.8) is 0 Å². The summed E-state index contributed by atoms with van der Waals surface area (Å²) in [4.78, 5) is 37.5. The van der Waals surface area contributed by atoms with Crippen molar-refractivity contribution in [1.82, 2.24) is 4.98 Å². The second kappa shape index (κ2) is 6.49. The molecule has 0 saturated carbocycles. The number of H-pyrrole nitrogens is 1. The van der Waals surface area contributed by atoms with Crippen molar-refractivity contribution in [1.29, 1.82) is 0 Å². The molecule has 0 spiro atoms. The van der Waals surface area contributed by atoms with E-state index in [-0.39, 0.29) is 10.0 Å². The number of phenols is 1. The Labute approximate surface area is 156 Å². The van der Waals surface area contributed by atoms with Gasteiger partial charge in [-0.05, 0) is 39.0 Å². The summed E-state index contributed by atoms with van der Waals surface area (Å²) in [5.74, 6) is -4.07. The van der Waals surface area contributed by atoms with Crippen molar-refractivity contribution >= 4 is 33.7 Å². The molecule has 0 radical (unpaired) electrons. The van der Waals surface area contributed by atoms with Crippen LogP contribution in [0.3, 0.4) is 0 Å². The maximum atomic E-state index is 12.1. The number of carboxylic acids is 2. The molecule has 1 aromatic heterocycles. The molecule has 0 bridgehead atoms. The number of nitrogen functional groups attached to an aromatic ring is 1. The number of aromatic carboxylic acids is 2. The van der Waals surface area contributed by atoms with Gasteiger partial charge in [0.1, 0.15) is 22.7 Å². The van der Waals surface area contributed by atoms with Gasteiger partial charge in [-0.25, -0.2) is 9.59 Å². The molecule has 0 fully saturated rings. The van der Waals surface area contributed by atoms with E-state index in [0.29, 0.717) is 5.56 Å². The first-order valence-electron chi connectivity index (χ1n) is 7.42. The molecule has 2 rings (SSSR count). The molecule has 26 heavy (non-hydrogen) atoms. The number of hydrogen-bond donors (Lipinski definition) is 5. The second-order valence-electron chi connectivity index (χ2n) is 6.71. The monoisotopic (exact) mass is 424 g/mol. The van der Waals surface area contributed by atoms with Gasteiger partial charge >= 0.3 is 11.9 Å². The Kier molecular flexibility index (Phi) is 4.87. The van der Waals surface area contributed by atoms with Crippen LogP contribution in [0.15, 0.2) is 21.4 Å². The fraction of sp³-hybridized carbons (Fsp3) is 0.235. The number of carboxylic acid groups (broad SMARTS) is 2. The van der Waals surface area contributed by atoms with E-state index in [2.05, 4.69) is 15.9 Å². The molecule has 1 heterocycles. The number of rotatable bonds is 3. The van der Waals surface area contributed by atoms with Crippen molar-refractivity contribution in [2.45, 2.75) is 26.2 Å². The number of phenolic OH excluding ortho intramolecular Hbond substituents is 1. The van der Waals surface area contributed by atoms with Crippen molar-refractivity contribution in [2.24, 2.45) is 0 Å². The zero-order chi connectivity index (χ0) is 20.0. The highest BCUT2D eigenvalue weighted by Gasteiger charge is 2.30. The third-order valence-electron chi connectivity index (χ3n) is 3.87. The minimum atomic E-state index is -1.64. The molecule has 0 saturated heterocycles. The smallest absolute Gasteiger partial charge is 0.342 e. The van der Waals surface area contributed by atoms with E-state index in [1.165, 1.54) is 6.07 Å². The Hall–Kier alpha value is -2.81. The summed E-state index contributed by atoms with van der Waals surface area (Å²) in [6, 6.07) is 3.09. The van der Waals surface area contributed by atoms with Crippen LogP contribution >= 0.6 is 15.9 Å². The molecule has 8 nitrogen and oxygen atoms in total. The first-order chi connectivity index (χ1) is 11.9. The Bertz CT molecular complexity index is 988. The van der Waals surface area contributed by atoms with Gasteiger partial charge in [-0.2, -0.15) is 0 Å². The third kappa shape index (κ3) is 3.30. The lowest BCUT2D eigenvalue weighted by molar-refractivity contribution is 0.0695. The first kappa shape index (κ1) is 19.5. The number of carbonyl (C=O) groups is 2. The molecule has 1 aromatic carbocycles. The summed E-state index contributed by atoms with van der Waals surface area (Å²) in [5, 5.41) is 29.4. The van der Waals surface area contributed by atoms with Crippen LogP contribution in [0.2, 0.25) is 0 Å². The zero-order valence-corrected chi connectivity index (χ0v) is 15.8. The van der Waals surface area contributed by atoms with E-state index >= 15 is 0 Å². The lowest BCUT2D eigenvalue weighted by Crippen LogP contribution is -2.24. The normalized spacial score (nSPS) is 11.4. The van der Waals surface area contributed by atoms with Crippen LogP contribution in [-0.2, 0) is 5.41 Å². The van der Waals surface area contributed by atoms with Gasteiger partial charge in [-0.1, -0.05) is 20.8 Å². The second-order valence-corrected chi connectivity index (χ2v) is 7.56. The molecule has 138 valence electrons. The van der Waals surface area contributed by atoms with E-state index in [1.54, 1.807) is 6.07 Å². The number of halogens is 1. The lowest BCUT2D eigenvalue weighted by atomic mass is 9.84. The summed E-state index contributed by atoms with van der Waals surface area (Å²) < 4.78 is 0.228.